The predicted molar refractivity (Wildman–Crippen MR) is 82.4 cm³/mol. The zero-order valence-corrected chi connectivity index (χ0v) is 12.9. The number of aliphatic hydroxyl groups excluding tert-OH is 1. The molecule has 0 bridgehead atoms. The number of nitrogens with one attached hydrogen (secondary N) is 1. The van der Waals surface area contributed by atoms with Gasteiger partial charge in [-0.3, -0.25) is 0 Å². The number of hydrogen-bond donors (Lipinski definition) is 2. The van der Waals surface area contributed by atoms with E-state index in [4.69, 9.17) is 4.74 Å². The molecule has 2 N–H and O–H groups in total. The fourth-order valence-electron chi connectivity index (χ4n) is 2.83. The van der Waals surface area contributed by atoms with Gasteiger partial charge in [0.1, 0.15) is 18.5 Å². The highest BCUT2D eigenvalue weighted by Gasteiger charge is 2.16. The van der Waals surface area contributed by atoms with Crippen molar-refractivity contribution in [3.05, 3.63) is 28.8 Å². The van der Waals surface area contributed by atoms with Crippen LogP contribution in [0, 0.1) is 20.8 Å². The summed E-state index contributed by atoms with van der Waals surface area (Å²) in [6.07, 6.45) is 4.65. The number of hydrogen-bond acceptors (Lipinski definition) is 3. The largest absolute Gasteiger partial charge is 0.491 e. The Hall–Kier alpha value is -1.06. The summed E-state index contributed by atoms with van der Waals surface area (Å²) in [6.45, 7) is 7.19. The van der Waals surface area contributed by atoms with Crippen molar-refractivity contribution in [1.82, 2.24) is 5.32 Å². The summed E-state index contributed by atoms with van der Waals surface area (Å²) >= 11 is 0. The zero-order valence-electron chi connectivity index (χ0n) is 12.9. The third-order valence-corrected chi connectivity index (χ3v) is 4.19. The fourth-order valence-corrected chi connectivity index (χ4v) is 2.83. The van der Waals surface area contributed by atoms with Crippen LogP contribution in [0.4, 0.5) is 0 Å². The van der Waals surface area contributed by atoms with Gasteiger partial charge in [-0.05, 0) is 56.4 Å². The van der Waals surface area contributed by atoms with Crippen LogP contribution in [0.5, 0.6) is 5.75 Å². The lowest BCUT2D eigenvalue weighted by Gasteiger charge is -2.18. The topological polar surface area (TPSA) is 41.5 Å². The molecule has 0 radical (unpaired) electrons. The van der Waals surface area contributed by atoms with Crippen LogP contribution < -0.4 is 10.1 Å². The SMILES string of the molecule is Cc1cc(C)c(C)c(OCC(O)CNC2CCCC2)c1. The fraction of sp³-hybridized carbons (Fsp3) is 0.647. The molecule has 0 saturated heterocycles. The summed E-state index contributed by atoms with van der Waals surface area (Å²) in [5, 5.41) is 13.4. The van der Waals surface area contributed by atoms with Crippen molar-refractivity contribution < 1.29 is 9.84 Å². The van der Waals surface area contributed by atoms with E-state index in [-0.39, 0.29) is 0 Å². The first-order valence-corrected chi connectivity index (χ1v) is 7.68. The number of benzene rings is 1. The Bertz CT molecular complexity index is 439. The average molecular weight is 277 g/mol. The molecule has 0 amide bonds. The molecule has 3 heteroatoms. The maximum atomic E-state index is 10.0. The summed E-state index contributed by atoms with van der Waals surface area (Å²) in [6, 6.07) is 4.78. The van der Waals surface area contributed by atoms with Crippen LogP contribution in [-0.4, -0.2) is 30.4 Å². The monoisotopic (exact) mass is 277 g/mol. The Morgan fingerprint density at radius 1 is 1.25 bits per heavy atom. The van der Waals surface area contributed by atoms with Gasteiger partial charge in [0.15, 0.2) is 0 Å². The first-order valence-electron chi connectivity index (χ1n) is 7.68. The molecule has 1 atom stereocenters. The van der Waals surface area contributed by atoms with Gasteiger partial charge in [-0.25, -0.2) is 0 Å². The van der Waals surface area contributed by atoms with Gasteiger partial charge in [0.25, 0.3) is 0 Å². The van der Waals surface area contributed by atoms with Crippen molar-refractivity contribution in [3.8, 4) is 5.75 Å². The third-order valence-electron chi connectivity index (χ3n) is 4.19. The Morgan fingerprint density at radius 3 is 2.65 bits per heavy atom. The van der Waals surface area contributed by atoms with Crippen molar-refractivity contribution in [3.63, 3.8) is 0 Å². The molecule has 1 aliphatic carbocycles. The summed E-state index contributed by atoms with van der Waals surface area (Å²) < 4.78 is 5.79. The molecule has 0 heterocycles. The molecule has 1 aromatic rings. The van der Waals surface area contributed by atoms with E-state index in [1.54, 1.807) is 0 Å². The van der Waals surface area contributed by atoms with E-state index < -0.39 is 6.10 Å². The lowest BCUT2D eigenvalue weighted by molar-refractivity contribution is 0.103. The van der Waals surface area contributed by atoms with E-state index in [9.17, 15) is 5.11 Å². The molecular weight excluding hydrogens is 250 g/mol. The van der Waals surface area contributed by atoms with Crippen molar-refractivity contribution in [2.24, 2.45) is 0 Å². The van der Waals surface area contributed by atoms with Gasteiger partial charge < -0.3 is 15.2 Å². The molecule has 2 rings (SSSR count). The smallest absolute Gasteiger partial charge is 0.122 e. The standard InChI is InChI=1S/C17H27NO2/c1-12-8-13(2)14(3)17(9-12)20-11-16(19)10-18-15-6-4-5-7-15/h8-9,15-16,18-19H,4-7,10-11H2,1-3H3. The molecule has 0 aromatic heterocycles. The van der Waals surface area contributed by atoms with Gasteiger partial charge in [-0.1, -0.05) is 18.9 Å². The Morgan fingerprint density at radius 2 is 1.95 bits per heavy atom. The van der Waals surface area contributed by atoms with E-state index in [0.717, 1.165) is 11.3 Å². The third kappa shape index (κ3) is 4.22. The highest BCUT2D eigenvalue weighted by molar-refractivity contribution is 5.41. The Labute approximate surface area is 122 Å². The lowest BCUT2D eigenvalue weighted by Crippen LogP contribution is -2.36. The molecule has 3 nitrogen and oxygen atoms in total. The maximum Gasteiger partial charge on any atom is 0.122 e. The summed E-state index contributed by atoms with van der Waals surface area (Å²) in [5.74, 6) is 0.891. The molecule has 20 heavy (non-hydrogen) atoms. The summed E-state index contributed by atoms with van der Waals surface area (Å²) in [4.78, 5) is 0. The van der Waals surface area contributed by atoms with E-state index in [0.29, 0.717) is 19.2 Å². The number of aryl methyl sites for hydroxylation is 2. The highest BCUT2D eigenvalue weighted by atomic mass is 16.5. The Kier molecular flexibility index (Phi) is 5.44. The van der Waals surface area contributed by atoms with Crippen LogP contribution in [-0.2, 0) is 0 Å². The second kappa shape index (κ2) is 7.09. The number of aliphatic hydroxyl groups is 1. The van der Waals surface area contributed by atoms with Gasteiger partial charge in [0, 0.05) is 12.6 Å². The second-order valence-corrected chi connectivity index (χ2v) is 6.06. The van der Waals surface area contributed by atoms with Gasteiger partial charge >= 0.3 is 0 Å². The van der Waals surface area contributed by atoms with Crippen molar-refractivity contribution in [2.75, 3.05) is 13.2 Å². The van der Waals surface area contributed by atoms with Crippen molar-refractivity contribution in [1.29, 1.82) is 0 Å². The van der Waals surface area contributed by atoms with Gasteiger partial charge in [-0.2, -0.15) is 0 Å². The molecular formula is C17H27NO2. The van der Waals surface area contributed by atoms with Gasteiger partial charge in [0.05, 0.1) is 0 Å². The molecule has 1 saturated carbocycles. The first kappa shape index (κ1) is 15.3. The van der Waals surface area contributed by atoms with Crippen LogP contribution >= 0.6 is 0 Å². The predicted octanol–water partition coefficient (Wildman–Crippen LogP) is 2.88. The minimum Gasteiger partial charge on any atom is -0.491 e. The first-order chi connectivity index (χ1) is 9.56. The van der Waals surface area contributed by atoms with E-state index in [2.05, 4.69) is 32.2 Å². The molecule has 0 aliphatic heterocycles. The molecule has 1 aromatic carbocycles. The van der Waals surface area contributed by atoms with Gasteiger partial charge in [0.2, 0.25) is 0 Å². The second-order valence-electron chi connectivity index (χ2n) is 6.06. The lowest BCUT2D eigenvalue weighted by atomic mass is 10.1. The van der Waals surface area contributed by atoms with Crippen LogP contribution in [0.25, 0.3) is 0 Å². The molecule has 1 aliphatic rings. The van der Waals surface area contributed by atoms with Crippen molar-refractivity contribution >= 4 is 0 Å². The van der Waals surface area contributed by atoms with E-state index in [1.165, 1.54) is 36.8 Å². The highest BCUT2D eigenvalue weighted by Crippen LogP contribution is 2.23. The number of ether oxygens (including phenoxy) is 1. The quantitative estimate of drug-likeness (QED) is 0.840. The number of rotatable bonds is 6. The minimum absolute atomic E-state index is 0.351. The summed E-state index contributed by atoms with van der Waals surface area (Å²) in [7, 11) is 0. The molecule has 112 valence electrons. The molecule has 1 unspecified atom stereocenters. The van der Waals surface area contributed by atoms with E-state index in [1.807, 2.05) is 6.07 Å². The zero-order chi connectivity index (χ0) is 14.5. The van der Waals surface area contributed by atoms with Crippen LogP contribution in [0.2, 0.25) is 0 Å². The van der Waals surface area contributed by atoms with Crippen LogP contribution in [0.15, 0.2) is 12.1 Å². The minimum atomic E-state index is -0.448. The van der Waals surface area contributed by atoms with Crippen molar-refractivity contribution in [2.45, 2.75) is 58.6 Å². The van der Waals surface area contributed by atoms with Crippen LogP contribution in [0.3, 0.4) is 0 Å². The maximum absolute atomic E-state index is 10.0. The molecule has 1 fully saturated rings. The normalized spacial score (nSPS) is 17.4. The summed E-state index contributed by atoms with van der Waals surface area (Å²) in [5.41, 5.74) is 3.59. The average Bonchev–Trinajstić information content (AvgIpc) is 2.92. The van der Waals surface area contributed by atoms with Gasteiger partial charge in [-0.15, -0.1) is 0 Å². The van der Waals surface area contributed by atoms with Crippen LogP contribution in [0.1, 0.15) is 42.4 Å². The molecule has 0 spiro atoms. The van der Waals surface area contributed by atoms with E-state index >= 15 is 0 Å². The Balaban J connectivity index is 1.79.